The van der Waals surface area contributed by atoms with Gasteiger partial charge in [0, 0.05) is 12.1 Å². The van der Waals surface area contributed by atoms with Crippen LogP contribution in [0.5, 0.6) is 0 Å². The van der Waals surface area contributed by atoms with Gasteiger partial charge in [-0.1, -0.05) is 60.2 Å². The molecule has 1 N–H and O–H groups in total. The minimum atomic E-state index is -0.736. The van der Waals surface area contributed by atoms with Crippen molar-refractivity contribution >= 4 is 17.4 Å². The first kappa shape index (κ1) is 20.5. The molecule has 4 rings (SSSR count). The number of aliphatic hydroxyl groups excluding tert-OH is 1. The van der Waals surface area contributed by atoms with Gasteiger partial charge >= 0.3 is 0 Å². The largest absolute Gasteiger partial charge is 0.507 e. The number of hydrogen-bond donors (Lipinski definition) is 1. The van der Waals surface area contributed by atoms with Crippen LogP contribution in [-0.4, -0.2) is 28.2 Å². The molecule has 0 saturated carbocycles. The second-order valence-electron chi connectivity index (χ2n) is 7.65. The van der Waals surface area contributed by atoms with Crippen LogP contribution >= 0.6 is 0 Å². The molecule has 1 unspecified atom stereocenters. The Kier molecular flexibility index (Phi) is 5.67. The summed E-state index contributed by atoms with van der Waals surface area (Å²) in [5.41, 5.74) is 3.14. The molecule has 1 saturated heterocycles. The first-order chi connectivity index (χ1) is 15.0. The lowest BCUT2D eigenvalue weighted by Gasteiger charge is -2.25. The molecule has 5 heteroatoms. The number of aryl methyl sites for hydroxylation is 1. The van der Waals surface area contributed by atoms with Crippen molar-refractivity contribution in [3.05, 3.63) is 113 Å². The van der Waals surface area contributed by atoms with E-state index in [1.54, 1.807) is 0 Å². The highest BCUT2D eigenvalue weighted by molar-refractivity contribution is 6.46. The number of carbonyl (C=O) groups excluding carboxylic acids is 2. The number of hydrogen-bond acceptors (Lipinski definition) is 3. The summed E-state index contributed by atoms with van der Waals surface area (Å²) < 4.78 is 13.3. The zero-order valence-electron chi connectivity index (χ0n) is 17.1. The molecule has 0 bridgehead atoms. The van der Waals surface area contributed by atoms with Crippen LogP contribution in [0, 0.1) is 12.7 Å². The lowest BCUT2D eigenvalue weighted by Crippen LogP contribution is -2.31. The normalized spacial score (nSPS) is 17.9. The highest BCUT2D eigenvalue weighted by Gasteiger charge is 2.45. The van der Waals surface area contributed by atoms with E-state index in [0.29, 0.717) is 18.5 Å². The van der Waals surface area contributed by atoms with Gasteiger partial charge in [-0.25, -0.2) is 4.39 Å². The van der Waals surface area contributed by atoms with Gasteiger partial charge in [-0.05, 0) is 48.7 Å². The van der Waals surface area contributed by atoms with E-state index in [2.05, 4.69) is 0 Å². The second kappa shape index (κ2) is 8.56. The van der Waals surface area contributed by atoms with E-state index in [1.807, 2.05) is 61.5 Å². The van der Waals surface area contributed by atoms with Gasteiger partial charge in [0.1, 0.15) is 11.6 Å². The summed E-state index contributed by atoms with van der Waals surface area (Å²) in [4.78, 5) is 27.4. The molecule has 31 heavy (non-hydrogen) atoms. The Morgan fingerprint density at radius 3 is 2.23 bits per heavy atom. The third kappa shape index (κ3) is 4.12. The molecule has 0 spiro atoms. The van der Waals surface area contributed by atoms with Gasteiger partial charge < -0.3 is 10.0 Å². The van der Waals surface area contributed by atoms with E-state index >= 15 is 0 Å². The number of Topliss-reactive ketones (excluding diaryl/α,β-unsaturated/α-hetero) is 1. The molecule has 0 aromatic heterocycles. The predicted molar refractivity (Wildman–Crippen MR) is 117 cm³/mol. The standard InChI is InChI=1S/C26H22FNO3/c1-17-7-9-19(10-8-17)23-22(24(29)20-11-13-21(27)14-12-20)25(30)26(31)28(23)16-15-18-5-3-2-4-6-18/h2-14,23,29H,15-16H2,1H3. The SMILES string of the molecule is Cc1ccc(C2C(=C(O)c3ccc(F)cc3)C(=O)C(=O)N2CCc2ccccc2)cc1. The summed E-state index contributed by atoms with van der Waals surface area (Å²) >= 11 is 0. The maximum Gasteiger partial charge on any atom is 0.295 e. The van der Waals surface area contributed by atoms with Crippen LogP contribution in [0.2, 0.25) is 0 Å². The monoisotopic (exact) mass is 415 g/mol. The summed E-state index contributed by atoms with van der Waals surface area (Å²) in [6.45, 7) is 2.28. The summed E-state index contributed by atoms with van der Waals surface area (Å²) in [6, 6.07) is 21.7. The van der Waals surface area contributed by atoms with E-state index in [-0.39, 0.29) is 11.3 Å². The first-order valence-corrected chi connectivity index (χ1v) is 10.1. The molecule has 3 aromatic rings. The molecule has 0 aliphatic carbocycles. The number of likely N-dealkylation sites (tertiary alicyclic amines) is 1. The number of aliphatic hydroxyl groups is 1. The van der Waals surface area contributed by atoms with E-state index in [1.165, 1.54) is 29.2 Å². The van der Waals surface area contributed by atoms with Crippen LogP contribution in [0.3, 0.4) is 0 Å². The fourth-order valence-corrected chi connectivity index (χ4v) is 3.86. The van der Waals surface area contributed by atoms with Gasteiger partial charge in [0.15, 0.2) is 0 Å². The Hall–Kier alpha value is -3.73. The highest BCUT2D eigenvalue weighted by atomic mass is 19.1. The summed E-state index contributed by atoms with van der Waals surface area (Å²) in [5, 5.41) is 10.9. The Labute approximate surface area is 180 Å². The fourth-order valence-electron chi connectivity index (χ4n) is 3.86. The van der Waals surface area contributed by atoms with Crippen molar-refractivity contribution in [3.8, 4) is 0 Å². The number of rotatable bonds is 5. The minimum Gasteiger partial charge on any atom is -0.507 e. The third-order valence-corrected chi connectivity index (χ3v) is 5.53. The highest BCUT2D eigenvalue weighted by Crippen LogP contribution is 2.39. The van der Waals surface area contributed by atoms with Gasteiger partial charge in [0.2, 0.25) is 0 Å². The Bertz CT molecular complexity index is 1140. The van der Waals surface area contributed by atoms with Gasteiger partial charge in [-0.2, -0.15) is 0 Å². The molecule has 1 fully saturated rings. The van der Waals surface area contributed by atoms with Crippen molar-refractivity contribution in [2.75, 3.05) is 6.54 Å². The predicted octanol–water partition coefficient (Wildman–Crippen LogP) is 4.80. The van der Waals surface area contributed by atoms with Crippen LogP contribution in [0.4, 0.5) is 4.39 Å². The van der Waals surface area contributed by atoms with E-state index in [4.69, 9.17) is 0 Å². The topological polar surface area (TPSA) is 57.6 Å². The van der Waals surface area contributed by atoms with Crippen molar-refractivity contribution in [2.45, 2.75) is 19.4 Å². The molecule has 156 valence electrons. The van der Waals surface area contributed by atoms with Crippen LogP contribution in [0.1, 0.15) is 28.3 Å². The summed E-state index contributed by atoms with van der Waals surface area (Å²) in [6.07, 6.45) is 0.576. The van der Waals surface area contributed by atoms with Gasteiger partial charge in [0.05, 0.1) is 11.6 Å². The van der Waals surface area contributed by atoms with Crippen molar-refractivity contribution in [2.24, 2.45) is 0 Å². The molecule has 1 aliphatic rings. The first-order valence-electron chi connectivity index (χ1n) is 10.1. The summed E-state index contributed by atoms with van der Waals surface area (Å²) in [7, 11) is 0. The minimum absolute atomic E-state index is 0.0218. The molecular formula is C26H22FNO3. The molecule has 1 amide bonds. The number of carbonyl (C=O) groups is 2. The van der Waals surface area contributed by atoms with Crippen LogP contribution in [0.15, 0.2) is 84.4 Å². The molecule has 1 aliphatic heterocycles. The third-order valence-electron chi connectivity index (χ3n) is 5.53. The Balaban J connectivity index is 1.78. The molecule has 1 atom stereocenters. The molecule has 1 heterocycles. The lowest BCUT2D eigenvalue weighted by molar-refractivity contribution is -0.139. The average Bonchev–Trinajstić information content (AvgIpc) is 3.04. The maximum absolute atomic E-state index is 13.3. The van der Waals surface area contributed by atoms with E-state index in [0.717, 1.165) is 16.7 Å². The molecule has 0 radical (unpaired) electrons. The van der Waals surface area contributed by atoms with Crippen molar-refractivity contribution in [1.82, 2.24) is 4.90 Å². The number of halogens is 1. The van der Waals surface area contributed by atoms with Crippen molar-refractivity contribution in [3.63, 3.8) is 0 Å². The fraction of sp³-hybridized carbons (Fsp3) is 0.154. The smallest absolute Gasteiger partial charge is 0.295 e. The number of ketones is 1. The molecular weight excluding hydrogens is 393 g/mol. The quantitative estimate of drug-likeness (QED) is 0.370. The van der Waals surface area contributed by atoms with Crippen molar-refractivity contribution in [1.29, 1.82) is 0 Å². The average molecular weight is 415 g/mol. The number of nitrogens with zero attached hydrogens (tertiary/aromatic N) is 1. The van der Waals surface area contributed by atoms with E-state index in [9.17, 15) is 19.1 Å². The molecule has 4 nitrogen and oxygen atoms in total. The zero-order valence-corrected chi connectivity index (χ0v) is 17.1. The number of amides is 1. The Morgan fingerprint density at radius 1 is 0.935 bits per heavy atom. The van der Waals surface area contributed by atoms with Crippen LogP contribution in [-0.2, 0) is 16.0 Å². The lowest BCUT2D eigenvalue weighted by atomic mass is 9.94. The van der Waals surface area contributed by atoms with Crippen LogP contribution in [0.25, 0.3) is 5.76 Å². The van der Waals surface area contributed by atoms with Crippen molar-refractivity contribution < 1.29 is 19.1 Å². The van der Waals surface area contributed by atoms with Crippen LogP contribution < -0.4 is 0 Å². The maximum atomic E-state index is 13.3. The van der Waals surface area contributed by atoms with Gasteiger partial charge in [-0.3, -0.25) is 9.59 Å². The second-order valence-corrected chi connectivity index (χ2v) is 7.65. The van der Waals surface area contributed by atoms with Gasteiger partial charge in [-0.15, -0.1) is 0 Å². The zero-order chi connectivity index (χ0) is 22.0. The molecule has 3 aromatic carbocycles. The van der Waals surface area contributed by atoms with Gasteiger partial charge in [0.25, 0.3) is 11.7 Å². The Morgan fingerprint density at radius 2 is 1.58 bits per heavy atom. The summed E-state index contributed by atoms with van der Waals surface area (Å²) in [5.74, 6) is -2.13. The number of benzene rings is 3. The van der Waals surface area contributed by atoms with E-state index < -0.39 is 23.5 Å².